The molecule has 122 valence electrons. The summed E-state index contributed by atoms with van der Waals surface area (Å²) in [5, 5.41) is 0. The van der Waals surface area contributed by atoms with Crippen LogP contribution in [0.25, 0.3) is 0 Å². The highest BCUT2D eigenvalue weighted by Crippen LogP contribution is 2.23. The summed E-state index contributed by atoms with van der Waals surface area (Å²) in [5.41, 5.74) is 11.8. The van der Waals surface area contributed by atoms with Crippen molar-refractivity contribution in [1.29, 1.82) is 0 Å². The second-order valence-electron chi connectivity index (χ2n) is 5.67. The van der Waals surface area contributed by atoms with Gasteiger partial charge in [-0.1, -0.05) is 26.0 Å². The lowest BCUT2D eigenvalue weighted by molar-refractivity contribution is -0.115. The Morgan fingerprint density at radius 1 is 1.27 bits per heavy atom. The molecule has 1 rings (SSSR count). The lowest BCUT2D eigenvalue weighted by Crippen LogP contribution is -2.34. The van der Waals surface area contributed by atoms with E-state index in [4.69, 9.17) is 11.5 Å². The van der Waals surface area contributed by atoms with Crippen LogP contribution in [-0.4, -0.2) is 42.1 Å². The lowest BCUT2D eigenvalue weighted by atomic mass is 10.0. The van der Waals surface area contributed by atoms with Gasteiger partial charge in [-0.15, -0.1) is 11.8 Å². The Bertz CT molecular complexity index is 520. The van der Waals surface area contributed by atoms with Crippen LogP contribution in [0.4, 0.5) is 0 Å². The SMILES string of the molecule is CC(C)C(N)CCN(C)C(=O)c1ccccc1SCC(N)=O. The minimum atomic E-state index is -0.400. The first-order valence-corrected chi connectivity index (χ1v) is 8.32. The highest BCUT2D eigenvalue weighted by molar-refractivity contribution is 8.00. The molecule has 0 fully saturated rings. The van der Waals surface area contributed by atoms with E-state index in [0.29, 0.717) is 18.0 Å². The summed E-state index contributed by atoms with van der Waals surface area (Å²) >= 11 is 1.28. The van der Waals surface area contributed by atoms with Crippen molar-refractivity contribution in [3.05, 3.63) is 29.8 Å². The van der Waals surface area contributed by atoms with Gasteiger partial charge in [0.05, 0.1) is 11.3 Å². The van der Waals surface area contributed by atoms with E-state index >= 15 is 0 Å². The van der Waals surface area contributed by atoms with E-state index in [1.54, 1.807) is 18.0 Å². The molecule has 1 unspecified atom stereocenters. The van der Waals surface area contributed by atoms with Gasteiger partial charge in [-0.25, -0.2) is 0 Å². The second-order valence-corrected chi connectivity index (χ2v) is 6.69. The average Bonchev–Trinajstić information content (AvgIpc) is 2.49. The van der Waals surface area contributed by atoms with Gasteiger partial charge in [0.1, 0.15) is 0 Å². The van der Waals surface area contributed by atoms with Crippen molar-refractivity contribution in [2.24, 2.45) is 17.4 Å². The summed E-state index contributed by atoms with van der Waals surface area (Å²) in [5.74, 6) is 0.0839. The van der Waals surface area contributed by atoms with Crippen molar-refractivity contribution in [3.8, 4) is 0 Å². The smallest absolute Gasteiger partial charge is 0.254 e. The first-order chi connectivity index (χ1) is 10.3. The third kappa shape index (κ3) is 5.69. The summed E-state index contributed by atoms with van der Waals surface area (Å²) in [4.78, 5) is 25.9. The molecule has 1 atom stereocenters. The van der Waals surface area contributed by atoms with Gasteiger partial charge in [0.15, 0.2) is 0 Å². The molecular formula is C16H25N3O2S. The molecule has 0 saturated heterocycles. The highest BCUT2D eigenvalue weighted by atomic mass is 32.2. The minimum Gasteiger partial charge on any atom is -0.369 e. The predicted molar refractivity (Wildman–Crippen MR) is 90.8 cm³/mol. The number of rotatable bonds is 8. The van der Waals surface area contributed by atoms with Gasteiger partial charge >= 0.3 is 0 Å². The van der Waals surface area contributed by atoms with E-state index in [9.17, 15) is 9.59 Å². The summed E-state index contributed by atoms with van der Waals surface area (Å²) in [6.07, 6.45) is 0.760. The Morgan fingerprint density at radius 2 is 1.91 bits per heavy atom. The minimum absolute atomic E-state index is 0.0662. The molecule has 4 N–H and O–H groups in total. The van der Waals surface area contributed by atoms with Crippen molar-refractivity contribution < 1.29 is 9.59 Å². The van der Waals surface area contributed by atoms with Crippen LogP contribution in [0, 0.1) is 5.92 Å². The summed E-state index contributed by atoms with van der Waals surface area (Å²) in [7, 11) is 1.77. The van der Waals surface area contributed by atoms with Gasteiger partial charge < -0.3 is 16.4 Å². The molecule has 0 spiro atoms. The number of primary amides is 1. The quantitative estimate of drug-likeness (QED) is 0.713. The molecule has 22 heavy (non-hydrogen) atoms. The van der Waals surface area contributed by atoms with Crippen LogP contribution in [0.1, 0.15) is 30.6 Å². The Hall–Kier alpha value is -1.53. The third-order valence-electron chi connectivity index (χ3n) is 3.49. The van der Waals surface area contributed by atoms with Gasteiger partial charge in [0, 0.05) is 24.5 Å². The normalized spacial score (nSPS) is 12.2. The van der Waals surface area contributed by atoms with Gasteiger partial charge in [0.25, 0.3) is 5.91 Å². The van der Waals surface area contributed by atoms with E-state index in [0.717, 1.165) is 11.3 Å². The van der Waals surface area contributed by atoms with Crippen LogP contribution in [-0.2, 0) is 4.79 Å². The molecule has 0 aliphatic heterocycles. The largest absolute Gasteiger partial charge is 0.369 e. The van der Waals surface area contributed by atoms with E-state index in [1.807, 2.05) is 18.2 Å². The Morgan fingerprint density at radius 3 is 2.50 bits per heavy atom. The predicted octanol–water partition coefficient (Wildman–Crippen LogP) is 1.71. The number of carbonyl (C=O) groups excluding carboxylic acids is 2. The Balaban J connectivity index is 2.73. The monoisotopic (exact) mass is 323 g/mol. The number of nitrogens with two attached hydrogens (primary N) is 2. The highest BCUT2D eigenvalue weighted by Gasteiger charge is 2.17. The van der Waals surface area contributed by atoms with Crippen LogP contribution in [0.2, 0.25) is 0 Å². The topological polar surface area (TPSA) is 89.4 Å². The molecule has 1 aromatic rings. The standard InChI is InChI=1S/C16H25N3O2S/c1-11(2)13(17)8-9-19(3)16(21)12-6-4-5-7-14(12)22-10-15(18)20/h4-7,11,13H,8-10,17H2,1-3H3,(H2,18,20). The molecule has 0 radical (unpaired) electrons. The molecule has 0 aromatic heterocycles. The second kappa shape index (κ2) is 8.80. The third-order valence-corrected chi connectivity index (χ3v) is 4.58. The number of thioether (sulfide) groups is 1. The first-order valence-electron chi connectivity index (χ1n) is 7.34. The van der Waals surface area contributed by atoms with Crippen molar-refractivity contribution in [2.75, 3.05) is 19.3 Å². The molecule has 0 heterocycles. The molecule has 0 aliphatic carbocycles. The maximum atomic E-state index is 12.5. The summed E-state index contributed by atoms with van der Waals surface area (Å²) in [6.45, 7) is 4.75. The number of nitrogens with zero attached hydrogens (tertiary/aromatic N) is 1. The summed E-state index contributed by atoms with van der Waals surface area (Å²) < 4.78 is 0. The van der Waals surface area contributed by atoms with Gasteiger partial charge in [-0.05, 0) is 24.5 Å². The van der Waals surface area contributed by atoms with E-state index in [2.05, 4.69) is 13.8 Å². The average molecular weight is 323 g/mol. The van der Waals surface area contributed by atoms with Crippen LogP contribution >= 0.6 is 11.8 Å². The fourth-order valence-corrected chi connectivity index (χ4v) is 2.68. The molecule has 6 heteroatoms. The van der Waals surface area contributed by atoms with Crippen molar-refractivity contribution in [1.82, 2.24) is 4.90 Å². The Kier molecular flexibility index (Phi) is 7.41. The molecule has 0 saturated carbocycles. The van der Waals surface area contributed by atoms with Gasteiger partial charge in [0.2, 0.25) is 5.91 Å². The molecule has 0 aliphatic rings. The molecular weight excluding hydrogens is 298 g/mol. The van der Waals surface area contributed by atoms with Crippen LogP contribution in [0.5, 0.6) is 0 Å². The zero-order chi connectivity index (χ0) is 16.7. The van der Waals surface area contributed by atoms with Crippen molar-refractivity contribution >= 4 is 23.6 Å². The zero-order valence-electron chi connectivity index (χ0n) is 13.4. The first kappa shape index (κ1) is 18.5. The molecule has 1 aromatic carbocycles. The lowest BCUT2D eigenvalue weighted by Gasteiger charge is -2.22. The van der Waals surface area contributed by atoms with E-state index in [1.165, 1.54) is 11.8 Å². The van der Waals surface area contributed by atoms with Gasteiger partial charge in [-0.3, -0.25) is 9.59 Å². The van der Waals surface area contributed by atoms with Gasteiger partial charge in [-0.2, -0.15) is 0 Å². The molecule has 0 bridgehead atoms. The fraction of sp³-hybridized carbons (Fsp3) is 0.500. The molecule has 5 nitrogen and oxygen atoms in total. The maximum absolute atomic E-state index is 12.5. The van der Waals surface area contributed by atoms with Crippen LogP contribution < -0.4 is 11.5 Å². The fourth-order valence-electron chi connectivity index (χ4n) is 1.90. The zero-order valence-corrected chi connectivity index (χ0v) is 14.2. The van der Waals surface area contributed by atoms with E-state index < -0.39 is 5.91 Å². The maximum Gasteiger partial charge on any atom is 0.254 e. The number of hydrogen-bond donors (Lipinski definition) is 2. The molecule has 2 amide bonds. The van der Waals surface area contributed by atoms with E-state index in [-0.39, 0.29) is 17.7 Å². The number of benzene rings is 1. The van der Waals surface area contributed by atoms with Crippen molar-refractivity contribution in [2.45, 2.75) is 31.2 Å². The number of hydrogen-bond acceptors (Lipinski definition) is 4. The van der Waals surface area contributed by atoms with Crippen LogP contribution in [0.15, 0.2) is 29.2 Å². The number of carbonyl (C=O) groups is 2. The Labute approximate surface area is 136 Å². The van der Waals surface area contributed by atoms with Crippen molar-refractivity contribution in [3.63, 3.8) is 0 Å². The number of amides is 2. The van der Waals surface area contributed by atoms with Crippen LogP contribution in [0.3, 0.4) is 0 Å². The summed E-state index contributed by atoms with van der Waals surface area (Å²) in [6, 6.07) is 7.33.